The van der Waals surface area contributed by atoms with Crippen LogP contribution in [0.15, 0.2) is 103 Å². The molecule has 0 aromatic heterocycles. The Morgan fingerprint density at radius 1 is 0.925 bits per heavy atom. The van der Waals surface area contributed by atoms with Crippen molar-refractivity contribution in [2.24, 2.45) is 0 Å². The fourth-order valence-corrected chi connectivity index (χ4v) is 5.06. The molecular weight excluding hydrogens is 500 g/mol. The summed E-state index contributed by atoms with van der Waals surface area (Å²) in [7, 11) is 0. The molecule has 4 aromatic rings. The maximum Gasteiger partial charge on any atom is 0.410 e. The average Bonchev–Trinajstić information content (AvgIpc) is 3.48. The number of nitrogens with one attached hydrogen (secondary N) is 1. The number of nitrogen functional groups attached to an aromatic ring is 1. The summed E-state index contributed by atoms with van der Waals surface area (Å²) in [6.07, 6.45) is 0.564. The van der Waals surface area contributed by atoms with E-state index in [2.05, 4.69) is 10.2 Å². The van der Waals surface area contributed by atoms with E-state index in [1.54, 1.807) is 4.90 Å². The number of nitrogens with zero attached hydrogens (tertiary/aromatic N) is 2. The molecule has 1 heterocycles. The van der Waals surface area contributed by atoms with E-state index in [4.69, 9.17) is 10.5 Å². The topological polar surface area (TPSA) is 87.9 Å². The largest absolute Gasteiger partial charge is 0.445 e. The van der Waals surface area contributed by atoms with Gasteiger partial charge in [0.05, 0.1) is 17.4 Å². The summed E-state index contributed by atoms with van der Waals surface area (Å²) in [6.45, 7) is 4.35. The molecule has 0 bridgehead atoms. The number of amides is 2. The molecule has 204 valence electrons. The van der Waals surface area contributed by atoms with Gasteiger partial charge in [-0.15, -0.1) is 0 Å². The zero-order valence-corrected chi connectivity index (χ0v) is 22.6. The van der Waals surface area contributed by atoms with Gasteiger partial charge < -0.3 is 25.6 Å². The van der Waals surface area contributed by atoms with Crippen molar-refractivity contribution in [3.8, 4) is 11.1 Å². The number of hydrogen-bond acceptors (Lipinski definition) is 5. The van der Waals surface area contributed by atoms with Crippen molar-refractivity contribution in [1.29, 1.82) is 0 Å². The number of carbonyl (C=O) groups excluding carboxylic acids is 2. The third-order valence-electron chi connectivity index (χ3n) is 7.29. The monoisotopic (exact) mass is 534 g/mol. The van der Waals surface area contributed by atoms with Crippen LogP contribution in [0.4, 0.5) is 21.9 Å². The molecule has 0 spiro atoms. The lowest BCUT2D eigenvalue weighted by atomic mass is 10.0. The van der Waals surface area contributed by atoms with Crippen LogP contribution in [0, 0.1) is 0 Å². The van der Waals surface area contributed by atoms with E-state index in [0.29, 0.717) is 30.0 Å². The molecule has 2 amide bonds. The summed E-state index contributed by atoms with van der Waals surface area (Å²) < 4.78 is 5.58. The number of ether oxygens (including phenoxy) is 1. The lowest BCUT2D eigenvalue weighted by Gasteiger charge is -2.27. The number of nitrogens with two attached hydrogens (primary N) is 1. The molecule has 0 saturated carbocycles. The molecule has 0 unspecified atom stereocenters. The maximum absolute atomic E-state index is 13.0. The second-order valence-corrected chi connectivity index (χ2v) is 9.88. The quantitative estimate of drug-likeness (QED) is 0.255. The summed E-state index contributed by atoms with van der Waals surface area (Å²) in [5.41, 5.74) is 11.8. The number of anilines is 3. The standard InChI is InChI=1S/C33H34N4O3/c1-2-37(33(39)40-23-24-9-5-3-6-10-24)29-19-20-36(22-29)28-16-13-26(14-17-28)32(38)35-31-21-27(15-18-30(31)34)25-11-7-4-8-12-25/h3-18,21,29H,2,19-20,22-23,34H2,1H3,(H,35,38)/t29-/m0/s1. The second kappa shape index (κ2) is 12.4. The van der Waals surface area contributed by atoms with Gasteiger partial charge in [-0.05, 0) is 66.4 Å². The Morgan fingerprint density at radius 2 is 1.62 bits per heavy atom. The van der Waals surface area contributed by atoms with Gasteiger partial charge in [0, 0.05) is 30.9 Å². The zero-order chi connectivity index (χ0) is 27.9. The van der Waals surface area contributed by atoms with Gasteiger partial charge in [-0.1, -0.05) is 66.7 Å². The fraction of sp³-hybridized carbons (Fsp3) is 0.212. The highest BCUT2D eigenvalue weighted by atomic mass is 16.6. The zero-order valence-electron chi connectivity index (χ0n) is 22.6. The van der Waals surface area contributed by atoms with Crippen LogP contribution in [0.25, 0.3) is 11.1 Å². The van der Waals surface area contributed by atoms with Crippen molar-refractivity contribution in [2.75, 3.05) is 35.6 Å². The van der Waals surface area contributed by atoms with Gasteiger partial charge in [0.2, 0.25) is 0 Å². The van der Waals surface area contributed by atoms with E-state index in [1.807, 2.05) is 110 Å². The molecule has 1 saturated heterocycles. The van der Waals surface area contributed by atoms with Gasteiger partial charge >= 0.3 is 6.09 Å². The van der Waals surface area contributed by atoms with Crippen LogP contribution < -0.4 is 16.0 Å². The van der Waals surface area contributed by atoms with E-state index in [-0.39, 0.29) is 24.6 Å². The molecule has 4 aromatic carbocycles. The Balaban J connectivity index is 1.19. The molecule has 1 fully saturated rings. The van der Waals surface area contributed by atoms with Crippen LogP contribution >= 0.6 is 0 Å². The minimum Gasteiger partial charge on any atom is -0.445 e. The van der Waals surface area contributed by atoms with Crippen LogP contribution in [0.2, 0.25) is 0 Å². The highest BCUT2D eigenvalue weighted by Gasteiger charge is 2.31. The Kier molecular flexibility index (Phi) is 8.30. The van der Waals surface area contributed by atoms with E-state index >= 15 is 0 Å². The summed E-state index contributed by atoms with van der Waals surface area (Å²) >= 11 is 0. The van der Waals surface area contributed by atoms with Crippen molar-refractivity contribution in [3.63, 3.8) is 0 Å². The summed E-state index contributed by atoms with van der Waals surface area (Å²) in [4.78, 5) is 29.9. The Hall–Kier alpha value is -4.78. The summed E-state index contributed by atoms with van der Waals surface area (Å²) in [6, 6.07) is 32.9. The minimum absolute atomic E-state index is 0.0658. The average molecular weight is 535 g/mol. The first-order valence-electron chi connectivity index (χ1n) is 13.6. The SMILES string of the molecule is CCN(C(=O)OCc1ccccc1)[C@H]1CCN(c2ccc(C(=O)Nc3cc(-c4ccccc4)ccc3N)cc2)C1. The summed E-state index contributed by atoms with van der Waals surface area (Å²) in [5, 5.41) is 2.96. The van der Waals surface area contributed by atoms with Gasteiger partial charge in [0.1, 0.15) is 6.61 Å². The van der Waals surface area contributed by atoms with Crippen LogP contribution in [-0.4, -0.2) is 42.6 Å². The van der Waals surface area contributed by atoms with Crippen molar-refractivity contribution in [3.05, 3.63) is 114 Å². The molecule has 7 nitrogen and oxygen atoms in total. The van der Waals surface area contributed by atoms with Gasteiger partial charge in [0.25, 0.3) is 5.91 Å². The lowest BCUT2D eigenvalue weighted by molar-refractivity contribution is 0.0857. The van der Waals surface area contributed by atoms with Crippen molar-refractivity contribution < 1.29 is 14.3 Å². The first-order chi connectivity index (χ1) is 19.5. The van der Waals surface area contributed by atoms with Gasteiger partial charge in [-0.25, -0.2) is 4.79 Å². The fourth-order valence-electron chi connectivity index (χ4n) is 5.06. The molecular formula is C33H34N4O3. The third kappa shape index (κ3) is 6.26. The van der Waals surface area contributed by atoms with E-state index in [0.717, 1.165) is 35.3 Å². The first-order valence-corrected chi connectivity index (χ1v) is 13.6. The smallest absolute Gasteiger partial charge is 0.410 e. The highest BCUT2D eigenvalue weighted by Crippen LogP contribution is 2.28. The third-order valence-corrected chi connectivity index (χ3v) is 7.29. The lowest BCUT2D eigenvalue weighted by Crippen LogP contribution is -2.42. The normalized spacial score (nSPS) is 14.5. The maximum atomic E-state index is 13.0. The van der Waals surface area contributed by atoms with E-state index in [1.165, 1.54) is 0 Å². The Labute approximate surface area is 235 Å². The second-order valence-electron chi connectivity index (χ2n) is 9.88. The molecule has 5 rings (SSSR count). The van der Waals surface area contributed by atoms with Crippen molar-refractivity contribution in [2.45, 2.75) is 26.0 Å². The number of hydrogen-bond donors (Lipinski definition) is 2. The molecule has 0 radical (unpaired) electrons. The predicted octanol–water partition coefficient (Wildman–Crippen LogP) is 6.43. The highest BCUT2D eigenvalue weighted by molar-refractivity contribution is 6.06. The predicted molar refractivity (Wildman–Crippen MR) is 160 cm³/mol. The van der Waals surface area contributed by atoms with Gasteiger partial charge in [0.15, 0.2) is 0 Å². The number of rotatable bonds is 8. The Morgan fingerprint density at radius 3 is 2.33 bits per heavy atom. The van der Waals surface area contributed by atoms with Crippen LogP contribution in [-0.2, 0) is 11.3 Å². The number of benzene rings is 4. The van der Waals surface area contributed by atoms with E-state index in [9.17, 15) is 9.59 Å². The van der Waals surface area contributed by atoms with Crippen LogP contribution in [0.5, 0.6) is 0 Å². The Bertz CT molecular complexity index is 1440. The molecule has 1 aliphatic heterocycles. The first kappa shape index (κ1) is 26.8. The summed E-state index contributed by atoms with van der Waals surface area (Å²) in [5.74, 6) is -0.221. The molecule has 1 atom stereocenters. The molecule has 40 heavy (non-hydrogen) atoms. The van der Waals surface area contributed by atoms with Crippen molar-refractivity contribution >= 4 is 29.1 Å². The van der Waals surface area contributed by atoms with Crippen molar-refractivity contribution in [1.82, 2.24) is 4.90 Å². The molecule has 3 N–H and O–H groups in total. The van der Waals surface area contributed by atoms with E-state index < -0.39 is 0 Å². The van der Waals surface area contributed by atoms with Crippen LogP contribution in [0.1, 0.15) is 29.3 Å². The number of carbonyl (C=O) groups is 2. The minimum atomic E-state index is -0.291. The molecule has 1 aliphatic rings. The number of likely N-dealkylation sites (N-methyl/N-ethyl adjacent to an activating group) is 1. The van der Waals surface area contributed by atoms with Crippen LogP contribution in [0.3, 0.4) is 0 Å². The molecule has 7 heteroatoms. The van der Waals surface area contributed by atoms with Gasteiger partial charge in [-0.3, -0.25) is 4.79 Å². The molecule has 0 aliphatic carbocycles. The van der Waals surface area contributed by atoms with Gasteiger partial charge in [-0.2, -0.15) is 0 Å².